The van der Waals surface area contributed by atoms with E-state index in [0.717, 1.165) is 62.1 Å². The van der Waals surface area contributed by atoms with Crippen molar-refractivity contribution in [3.05, 3.63) is 25.3 Å². The van der Waals surface area contributed by atoms with Gasteiger partial charge in [0.25, 0.3) is 0 Å². The number of phosphoric ester groups is 6. The molecule has 8 rings (SSSR count). The normalized spacial score (nSPS) is 26.5. The van der Waals surface area contributed by atoms with Crippen molar-refractivity contribution in [2.24, 2.45) is 22.7 Å². The molecule has 2 aliphatic carbocycles. The molecule has 4 fully saturated rings. The van der Waals surface area contributed by atoms with E-state index in [4.69, 9.17) is 39.0 Å². The van der Waals surface area contributed by atoms with E-state index in [1.165, 1.54) is 0 Å². The maximum Gasteiger partial charge on any atom is 0.481 e. The summed E-state index contributed by atoms with van der Waals surface area (Å²) in [6.45, 7) is -2.01. The lowest BCUT2D eigenvalue weighted by molar-refractivity contribution is -0.137. The number of imidazole rings is 2. The van der Waals surface area contributed by atoms with Gasteiger partial charge in [-0.25, -0.2) is 57.3 Å². The summed E-state index contributed by atoms with van der Waals surface area (Å²) in [7, 11) is -38.8. The lowest BCUT2D eigenvalue weighted by Crippen LogP contribution is -2.46. The number of aromatic nitrogens is 8. The minimum Gasteiger partial charge on any atom is -0.392 e. The Balaban J connectivity index is 0.807. The number of carbonyl (C=O) groups excluding carboxylic acids is 8. The summed E-state index contributed by atoms with van der Waals surface area (Å²) in [6, 6.07) is 0. The van der Waals surface area contributed by atoms with Gasteiger partial charge in [-0.15, -0.1) is 0 Å². The Morgan fingerprint density at radius 1 is 0.534 bits per heavy atom. The van der Waals surface area contributed by atoms with Gasteiger partial charge in [0.05, 0.1) is 51.3 Å². The number of nitrogens with two attached hydrogens (primary N) is 2. The van der Waals surface area contributed by atoms with E-state index < -0.39 is 274 Å². The molecule has 6 heterocycles. The number of ether oxygens (including phenoxy) is 2. The van der Waals surface area contributed by atoms with E-state index in [9.17, 15) is 136 Å². The van der Waals surface area contributed by atoms with E-state index in [1.54, 1.807) is 0 Å². The molecular formula is C56H90N14O38P6S2. The van der Waals surface area contributed by atoms with Gasteiger partial charge in [0.2, 0.25) is 23.6 Å². The number of Topliss-reactive ketones (excluding diaryl/α,β-unsaturated/α-hetero) is 2. The third kappa shape index (κ3) is 25.7. The van der Waals surface area contributed by atoms with E-state index in [-0.39, 0.29) is 84.0 Å². The first-order valence-corrected chi connectivity index (χ1v) is 47.4. The van der Waals surface area contributed by atoms with Gasteiger partial charge in [-0.2, -0.15) is 28.5 Å². The number of hydrogen-bond acceptors (Lipinski definition) is 38. The molecular weight excluding hydrogens is 1730 g/mol. The van der Waals surface area contributed by atoms with Gasteiger partial charge in [-0.1, -0.05) is 27.7 Å². The highest BCUT2D eigenvalue weighted by Gasteiger charge is 2.54. The Morgan fingerprint density at radius 3 is 1.22 bits per heavy atom. The summed E-state index contributed by atoms with van der Waals surface area (Å²) in [6.07, 6.45) is -19.0. The van der Waals surface area contributed by atoms with Crippen LogP contribution in [0.1, 0.15) is 91.5 Å². The first-order chi connectivity index (χ1) is 53.8. The topological polar surface area (TPSA) is 802 Å². The molecule has 4 aliphatic rings. The molecule has 116 heavy (non-hydrogen) atoms. The van der Waals surface area contributed by atoms with Crippen LogP contribution in [0.3, 0.4) is 0 Å². The number of aliphatic hydroxyl groups excluding tert-OH is 6. The smallest absolute Gasteiger partial charge is 0.392 e. The van der Waals surface area contributed by atoms with Crippen molar-refractivity contribution in [2.45, 2.75) is 153 Å². The molecule has 0 bridgehead atoms. The molecule has 4 aromatic heterocycles. The van der Waals surface area contributed by atoms with Gasteiger partial charge >= 0.3 is 46.9 Å². The second-order valence-corrected chi connectivity index (χ2v) is 42.6. The molecule has 0 spiro atoms. The SMILES string of the molecule is CC(C)(COP(=O)(O)OP(=O)(O)OC[C@H]1O[C@@H](n2cnc3c(N)ncnc32)[C@H](O)[C@@H]1OP(=O)(O)O)C(O)C(=O)NCCC(=O)NCC[SH](C(=O)C1C(=O)CCCC1O)[SH](CCNC(=O)CCNC(=O)C(O)C(C)(C)COP(=O)(O)OP(=O)(O)OC[C@H]1O[C@@H](n2cnc3c(N)ncnc32)[C@H](O)[C@@H]1OP(=O)(O)O)C(=O)C1C(=O)CCCC1O. The average molecular weight is 1820 g/mol. The molecule has 2 saturated heterocycles. The number of hydrogen-bond donors (Lipinski definition) is 22. The van der Waals surface area contributed by atoms with E-state index >= 15 is 0 Å². The van der Waals surface area contributed by atoms with Gasteiger partial charge in [0.1, 0.15) is 95.9 Å². The fourth-order valence-corrected chi connectivity index (χ4v) is 25.4. The number of thiol groups is 2. The monoisotopic (exact) mass is 1820 g/mol. The van der Waals surface area contributed by atoms with Crippen LogP contribution in [0.2, 0.25) is 0 Å². The van der Waals surface area contributed by atoms with Crippen LogP contribution < -0.4 is 32.7 Å². The number of fused-ring (bicyclic) bond motifs is 2. The molecule has 52 nitrogen and oxygen atoms in total. The number of amides is 4. The second kappa shape index (κ2) is 39.5. The molecule has 2 saturated carbocycles. The Morgan fingerprint density at radius 2 is 0.879 bits per heavy atom. The highest BCUT2D eigenvalue weighted by atomic mass is 33.2. The van der Waals surface area contributed by atoms with Crippen molar-refractivity contribution in [1.82, 2.24) is 60.3 Å². The van der Waals surface area contributed by atoms with Gasteiger partial charge in [-0.05, 0) is 25.7 Å². The van der Waals surface area contributed by atoms with Crippen molar-refractivity contribution in [2.75, 3.05) is 75.6 Å². The molecule has 20 atom stereocenters. The average Bonchev–Trinajstić information content (AvgIpc) is 1.60. The summed E-state index contributed by atoms with van der Waals surface area (Å²) in [5.41, 5.74) is 7.85. The number of anilines is 2. The molecule has 0 aromatic carbocycles. The zero-order valence-electron chi connectivity index (χ0n) is 61.5. The standard InChI is InChI=1S/C56H90N14O38P6S2/c1-55(2,21-101-113(95,96)107-111(91,92)99-19-31-41(105-109(85,86)87)39(77)51(103-31)69-25-67-37-45(57)63-23-65-47(37)69)43(79)49(81)61-13-11-33(75)59-15-17-115(53(83)35-27(71)7-5-8-28(35)72)116(54(84)36-29(73)9-6-10-30(36)74)18-16-60-34(76)12-14-62-50(82)44(80)56(3,4)22-102-114(97,98)108-112(93,94)100-20-32-42(106-110(88,89)90)40(78)52(104-32)70-26-68-38-46(58)64-24-66-48(38)70/h23-27,29,31-32,35-36,39-44,51-52,71,73,77-80,115-116H,5-22H2,1-4H3,(H,59,75)(H,60,76)(H,61,81)(H,62,82)(H,91,92)(H,93,94)(H,95,96)(H,97,98)(H2,57,63,65)(H2,58,64,66)(H2,85,86,87)(H2,88,89,90)/t27?,29?,31-,32-,35?,36?,39-,40-,41-,42-,43?,44?,51-,52-/m1/s1. The number of rotatable bonds is 40. The van der Waals surface area contributed by atoms with Crippen molar-refractivity contribution in [3.63, 3.8) is 0 Å². The first kappa shape index (κ1) is 95.8. The summed E-state index contributed by atoms with van der Waals surface area (Å²) in [5, 5.41) is 74.0. The van der Waals surface area contributed by atoms with Gasteiger partial charge in [0, 0.05) is 74.2 Å². The summed E-state index contributed by atoms with van der Waals surface area (Å²) in [5.74, 6) is -9.67. The molecule has 4 amide bonds. The van der Waals surface area contributed by atoms with Crippen LogP contribution in [0.25, 0.3) is 22.3 Å². The molecule has 60 heteroatoms. The highest BCUT2D eigenvalue weighted by molar-refractivity contribution is 9.02. The minimum atomic E-state index is -5.76. The predicted molar refractivity (Wildman–Crippen MR) is 394 cm³/mol. The molecule has 4 aromatic rings. The van der Waals surface area contributed by atoms with Crippen LogP contribution in [0.4, 0.5) is 11.6 Å². The zero-order chi connectivity index (χ0) is 86.2. The molecule has 654 valence electrons. The third-order valence-corrected chi connectivity index (χ3v) is 31.9. The van der Waals surface area contributed by atoms with Crippen molar-refractivity contribution < 1.29 is 181 Å². The van der Waals surface area contributed by atoms with E-state index in [1.807, 2.05) is 0 Å². The summed E-state index contributed by atoms with van der Waals surface area (Å²) >= 11 is 0. The lowest BCUT2D eigenvalue weighted by atomic mass is 9.86. The Bertz CT molecular complexity index is 4280. The number of nitrogens with one attached hydrogen (secondary N) is 4. The Hall–Kier alpha value is -5.62. The van der Waals surface area contributed by atoms with Crippen molar-refractivity contribution in [1.29, 1.82) is 0 Å². The van der Waals surface area contributed by atoms with E-state index in [2.05, 4.69) is 68.8 Å². The maximum absolute atomic E-state index is 14.7. The number of carbonyl (C=O) groups is 8. The molecule has 2 aliphatic heterocycles. The first-order valence-electron chi connectivity index (χ1n) is 34.6. The quantitative estimate of drug-likeness (QED) is 0.00880. The number of nitrogen functional groups attached to an aromatic ring is 2. The van der Waals surface area contributed by atoms with Crippen molar-refractivity contribution in [3.8, 4) is 0 Å². The number of ketones is 2. The van der Waals surface area contributed by atoms with Crippen LogP contribution >= 0.6 is 66.8 Å². The number of nitrogens with zero attached hydrogens (tertiary/aromatic N) is 8. The Labute approximate surface area is 660 Å². The van der Waals surface area contributed by atoms with Crippen LogP contribution in [0.15, 0.2) is 25.3 Å². The van der Waals surface area contributed by atoms with Crippen LogP contribution in [-0.2, 0) is 111 Å². The minimum absolute atomic E-state index is 0.00111. The Kier molecular flexibility index (Phi) is 32.6. The van der Waals surface area contributed by atoms with Gasteiger partial charge in [-0.3, -0.25) is 74.6 Å². The lowest BCUT2D eigenvalue weighted by Gasteiger charge is -2.39. The summed E-state index contributed by atoms with van der Waals surface area (Å²) in [4.78, 5) is 213. The van der Waals surface area contributed by atoms with Crippen LogP contribution in [-0.4, -0.2) is 279 Å². The predicted octanol–water partition coefficient (Wildman–Crippen LogP) is -3.75. The maximum atomic E-state index is 14.7. The van der Waals surface area contributed by atoms with Gasteiger partial charge < -0.3 is 112 Å². The number of phosphoric acid groups is 6. The largest absolute Gasteiger partial charge is 0.481 e. The van der Waals surface area contributed by atoms with Crippen molar-refractivity contribution >= 4 is 146 Å². The van der Waals surface area contributed by atoms with Gasteiger partial charge in [0.15, 0.2) is 45.6 Å². The van der Waals surface area contributed by atoms with E-state index in [0.29, 0.717) is 0 Å². The molecule has 22 N–H and O–H groups in total. The molecule has 12 unspecified atom stereocenters. The summed E-state index contributed by atoms with van der Waals surface area (Å²) < 4.78 is 126. The van der Waals surface area contributed by atoms with Crippen LogP contribution in [0, 0.1) is 22.7 Å². The fraction of sp³-hybridized carbons (Fsp3) is 0.679. The highest BCUT2D eigenvalue weighted by Crippen LogP contribution is 2.63. The third-order valence-electron chi connectivity index (χ3n) is 18.1. The van der Waals surface area contributed by atoms with Crippen LogP contribution in [0.5, 0.6) is 0 Å². The number of aliphatic hydroxyl groups is 6. The zero-order valence-corrected chi connectivity index (χ0v) is 68.6. The molecule has 0 radical (unpaired) electrons. The second-order valence-electron chi connectivity index (χ2n) is 27.9. The fourth-order valence-electron chi connectivity index (χ4n) is 12.2.